The number of aromatic nitrogens is 2. The van der Waals surface area contributed by atoms with Crippen molar-refractivity contribution >= 4 is 27.6 Å². The van der Waals surface area contributed by atoms with Crippen molar-refractivity contribution in [1.82, 2.24) is 9.55 Å². The maximum Gasteiger partial charge on any atom is 3.00 e. The van der Waals surface area contributed by atoms with Gasteiger partial charge in [-0.25, -0.2) is 0 Å². The van der Waals surface area contributed by atoms with Crippen molar-refractivity contribution in [3.8, 4) is 17.1 Å². The Morgan fingerprint density at radius 1 is 0.685 bits per heavy atom. The summed E-state index contributed by atoms with van der Waals surface area (Å²) in [6, 6.07) is 40.0. The van der Waals surface area contributed by atoms with Gasteiger partial charge in [0, 0.05) is 40.1 Å². The van der Waals surface area contributed by atoms with Gasteiger partial charge in [-0.1, -0.05) is 91.8 Å². The van der Waals surface area contributed by atoms with Crippen LogP contribution in [0.5, 0.6) is 0 Å². The van der Waals surface area contributed by atoms with Crippen molar-refractivity contribution in [3.63, 3.8) is 0 Å². The quantitative estimate of drug-likeness (QED) is 0.143. The van der Waals surface area contributed by atoms with Gasteiger partial charge in [-0.2, -0.15) is 42.1 Å². The van der Waals surface area contributed by atoms with Gasteiger partial charge in [0.25, 0.3) is 0 Å². The van der Waals surface area contributed by atoms with Crippen molar-refractivity contribution < 1.29 is 24.5 Å². The van der Waals surface area contributed by atoms with Gasteiger partial charge in [-0.05, 0) is 64.9 Å². The molecule has 2 aromatic heterocycles. The number of hydrogen-bond donors (Lipinski definition) is 0. The normalized spacial score (nSPS) is 13.9. The van der Waals surface area contributed by atoms with Gasteiger partial charge in [-0.3, -0.25) is 4.98 Å². The van der Waals surface area contributed by atoms with Gasteiger partial charge in [0.2, 0.25) is 0 Å². The van der Waals surface area contributed by atoms with Crippen molar-refractivity contribution in [3.05, 3.63) is 167 Å². The molecule has 0 aliphatic carbocycles. The van der Waals surface area contributed by atoms with Gasteiger partial charge in [0.15, 0.2) is 0 Å². The first-order valence-electron chi connectivity index (χ1n) is 18.9. The Labute approximate surface area is 334 Å². The van der Waals surface area contributed by atoms with Crippen LogP contribution in [-0.4, -0.2) is 9.55 Å². The average molecular weight is 890 g/mol. The minimum Gasteiger partial charge on any atom is -0.668 e. The minimum absolute atomic E-state index is 0. The number of benzene rings is 5. The second-order valence-electron chi connectivity index (χ2n) is 15.1. The van der Waals surface area contributed by atoms with Crippen LogP contribution in [0.3, 0.4) is 0 Å². The van der Waals surface area contributed by atoms with E-state index in [2.05, 4.69) is 160 Å². The zero-order chi connectivity index (χ0) is 37.2. The maximum atomic E-state index is 6.42. The molecule has 7 aromatic rings. The number of furan rings is 1. The number of imidazole rings is 1. The first-order valence-corrected chi connectivity index (χ1v) is 18.9. The molecule has 0 saturated carbocycles. The predicted molar refractivity (Wildman–Crippen MR) is 221 cm³/mol. The minimum atomic E-state index is -0.0198. The van der Waals surface area contributed by atoms with E-state index in [9.17, 15) is 0 Å². The SMILES string of the molecule is CC(C)c1cc2c(oc3ccccc32)c(C(C)C)c1-n1ccnc1-c1[c-]cccc1.CC(C)c1cccc(C(C)C)c1N1C=C[N-]C1c1[c-]cccc1.[Ir+3]. The molecular formula is C48H49IrN4O. The first-order chi connectivity index (χ1) is 25.7. The number of para-hydroxylation sites is 2. The fraction of sp³-hybridized carbons (Fsp3) is 0.271. The summed E-state index contributed by atoms with van der Waals surface area (Å²) in [5, 5.41) is 7.04. The van der Waals surface area contributed by atoms with Crippen molar-refractivity contribution in [2.75, 3.05) is 4.90 Å². The van der Waals surface area contributed by atoms with E-state index in [0.717, 1.165) is 28.1 Å². The van der Waals surface area contributed by atoms with Gasteiger partial charge < -0.3 is 19.2 Å². The molecule has 1 atom stereocenters. The molecule has 0 fully saturated rings. The molecule has 276 valence electrons. The third kappa shape index (κ3) is 7.43. The van der Waals surface area contributed by atoms with Crippen molar-refractivity contribution in [1.29, 1.82) is 0 Å². The van der Waals surface area contributed by atoms with E-state index in [1.807, 2.05) is 48.8 Å². The summed E-state index contributed by atoms with van der Waals surface area (Å²) in [7, 11) is 0. The van der Waals surface area contributed by atoms with E-state index in [1.165, 1.54) is 44.4 Å². The molecule has 54 heavy (non-hydrogen) atoms. The maximum absolute atomic E-state index is 6.42. The molecule has 1 unspecified atom stereocenters. The molecule has 0 spiro atoms. The summed E-state index contributed by atoms with van der Waals surface area (Å²) in [6.45, 7) is 18.0. The molecule has 5 aromatic carbocycles. The van der Waals surface area contributed by atoms with Crippen LogP contribution < -0.4 is 4.90 Å². The first kappa shape index (κ1) is 38.8. The third-order valence-corrected chi connectivity index (χ3v) is 10.1. The van der Waals surface area contributed by atoms with E-state index >= 15 is 0 Å². The zero-order valence-electron chi connectivity index (χ0n) is 32.5. The zero-order valence-corrected chi connectivity index (χ0v) is 34.9. The Hall–Kier alpha value is -4.90. The molecule has 5 nitrogen and oxygen atoms in total. The van der Waals surface area contributed by atoms with Crippen LogP contribution in [-0.2, 0) is 20.1 Å². The second-order valence-corrected chi connectivity index (χ2v) is 15.1. The van der Waals surface area contributed by atoms with E-state index in [-0.39, 0.29) is 32.2 Å². The van der Waals surface area contributed by atoms with Crippen LogP contribution in [0.4, 0.5) is 5.69 Å². The second kappa shape index (κ2) is 16.6. The smallest absolute Gasteiger partial charge is 0.668 e. The molecule has 1 aliphatic heterocycles. The number of hydrogen-bond acceptors (Lipinski definition) is 3. The predicted octanol–water partition coefficient (Wildman–Crippen LogP) is 13.6. The summed E-state index contributed by atoms with van der Waals surface area (Å²) in [6.07, 6.45) is 7.91. The Bertz CT molecular complexity index is 2330. The van der Waals surface area contributed by atoms with Crippen LogP contribution in [0.25, 0.3) is 44.3 Å². The van der Waals surface area contributed by atoms with Crippen LogP contribution >= 0.6 is 0 Å². The molecule has 0 bridgehead atoms. The fourth-order valence-electron chi connectivity index (χ4n) is 7.51. The Morgan fingerprint density at radius 2 is 1.35 bits per heavy atom. The average Bonchev–Trinajstić information content (AvgIpc) is 3.93. The van der Waals surface area contributed by atoms with Gasteiger partial charge in [0.05, 0.1) is 5.82 Å². The number of rotatable bonds is 8. The third-order valence-electron chi connectivity index (χ3n) is 10.1. The van der Waals surface area contributed by atoms with Gasteiger partial charge in [0.1, 0.15) is 11.2 Å². The summed E-state index contributed by atoms with van der Waals surface area (Å²) in [4.78, 5) is 6.99. The van der Waals surface area contributed by atoms with E-state index < -0.39 is 0 Å². The topological polar surface area (TPSA) is 48.3 Å². The Morgan fingerprint density at radius 3 is 1.98 bits per heavy atom. The summed E-state index contributed by atoms with van der Waals surface area (Å²) >= 11 is 0. The molecular weight excluding hydrogens is 841 g/mol. The molecule has 0 N–H and O–H groups in total. The summed E-state index contributed by atoms with van der Waals surface area (Å²) in [5.74, 6) is 2.48. The van der Waals surface area contributed by atoms with E-state index in [4.69, 9.17) is 4.42 Å². The molecule has 0 amide bonds. The molecule has 3 heterocycles. The Kier molecular flexibility index (Phi) is 12.0. The molecule has 0 radical (unpaired) electrons. The number of anilines is 1. The van der Waals surface area contributed by atoms with Crippen LogP contribution in [0.2, 0.25) is 0 Å². The molecule has 1 aliphatic rings. The molecule has 0 saturated heterocycles. The van der Waals surface area contributed by atoms with Crippen molar-refractivity contribution in [2.24, 2.45) is 0 Å². The summed E-state index contributed by atoms with van der Waals surface area (Å²) < 4.78 is 8.63. The van der Waals surface area contributed by atoms with E-state index in [0.29, 0.717) is 17.8 Å². The number of fused-ring (bicyclic) bond motifs is 3. The largest absolute Gasteiger partial charge is 3.00 e. The van der Waals surface area contributed by atoms with Gasteiger partial charge >= 0.3 is 20.1 Å². The number of nitrogens with zero attached hydrogens (tertiary/aromatic N) is 4. The Balaban J connectivity index is 0.000000187. The molecule has 6 heteroatoms. The van der Waals surface area contributed by atoms with E-state index in [1.54, 1.807) is 0 Å². The van der Waals surface area contributed by atoms with Crippen molar-refractivity contribution in [2.45, 2.75) is 85.2 Å². The van der Waals surface area contributed by atoms with Crippen LogP contribution in [0.15, 0.2) is 126 Å². The summed E-state index contributed by atoms with van der Waals surface area (Å²) in [5.41, 5.74) is 11.7. The monoisotopic (exact) mass is 890 g/mol. The van der Waals surface area contributed by atoms with Gasteiger partial charge in [-0.15, -0.1) is 35.9 Å². The van der Waals surface area contributed by atoms with Crippen LogP contribution in [0, 0.1) is 12.1 Å². The standard InChI is InChI=1S/C27H25N2O.C21H24N2.Ir/c1-17(2)21-16-22-20-12-8-9-13-23(20)30-26(22)24(18(3)4)25(21)29-15-14-28-27(29)19-10-6-5-7-11-19;1-15(2)18-11-8-12-19(16(3)4)20(18)23-14-13-22-21(23)17-9-6-5-7-10-17;/h5-10,12-18H,1-4H3;5-9,11-16,21H,1-4H3;/q-1;-2;+3. The fourth-order valence-corrected chi connectivity index (χ4v) is 7.51. The molecule has 8 rings (SSSR count). The van der Waals surface area contributed by atoms with Crippen LogP contribution in [0.1, 0.15) is 113 Å².